The summed E-state index contributed by atoms with van der Waals surface area (Å²) < 4.78 is 16.6. The van der Waals surface area contributed by atoms with Crippen molar-refractivity contribution in [2.24, 2.45) is 0 Å². The lowest BCUT2D eigenvalue weighted by Gasteiger charge is -2.43. The number of amides is 1. The van der Waals surface area contributed by atoms with Crippen LogP contribution in [0.25, 0.3) is 22.3 Å². The fourth-order valence-corrected chi connectivity index (χ4v) is 5.96. The molecule has 4 aromatic rings. The summed E-state index contributed by atoms with van der Waals surface area (Å²) in [5.74, 6) is 0.112. The lowest BCUT2D eigenvalue weighted by atomic mass is 9.84. The first-order valence-electron chi connectivity index (χ1n) is 14.5. The number of imidazole rings is 1. The second kappa shape index (κ2) is 10.1. The molecule has 0 saturated heterocycles. The zero-order chi connectivity index (χ0) is 30.0. The molecule has 9 nitrogen and oxygen atoms in total. The molecule has 1 aliphatic heterocycles. The number of rotatable bonds is 8. The highest BCUT2D eigenvalue weighted by molar-refractivity contribution is 6.08. The standard InChI is InChI=1S/C32H38FN7O2/c1-18(2)39-17-36-26-14-25(38-29(28(26)39)37-24-9-10-34-15-23(24)33)19-7-8-22-27(11-19)40(30(41)32(22,5)6)21-12-20(13-21)35-16-31(3,4)42/h7-11,14-15,17-18,20-21,35,42H,12-13,16H2,1-6H3,(H,34,37,38). The van der Waals surface area contributed by atoms with E-state index in [1.54, 1.807) is 26.2 Å². The molecule has 0 atom stereocenters. The van der Waals surface area contributed by atoms with Gasteiger partial charge in [0.1, 0.15) is 5.52 Å². The third kappa shape index (κ3) is 4.92. The first-order valence-corrected chi connectivity index (χ1v) is 14.5. The fourth-order valence-electron chi connectivity index (χ4n) is 5.96. The van der Waals surface area contributed by atoms with Crippen LogP contribution in [0.1, 0.15) is 66.0 Å². The van der Waals surface area contributed by atoms with E-state index < -0.39 is 16.8 Å². The van der Waals surface area contributed by atoms with Crippen molar-refractivity contribution in [3.05, 3.63) is 60.4 Å². The number of carbonyl (C=O) groups excluding carboxylic acids is 1. The first kappa shape index (κ1) is 28.2. The van der Waals surface area contributed by atoms with Gasteiger partial charge in [-0.05, 0) is 78.1 Å². The summed E-state index contributed by atoms with van der Waals surface area (Å²) in [6.45, 7) is 12.2. The number of anilines is 3. The number of nitrogens with one attached hydrogen (secondary N) is 2. The molecule has 3 aromatic heterocycles. The Labute approximate surface area is 245 Å². The molecule has 0 radical (unpaired) electrons. The Kier molecular flexibility index (Phi) is 6.81. The Hall–Kier alpha value is -3.89. The number of aromatic nitrogens is 4. The zero-order valence-electron chi connectivity index (χ0n) is 24.9. The normalized spacial score (nSPS) is 19.8. The summed E-state index contributed by atoms with van der Waals surface area (Å²) >= 11 is 0. The SMILES string of the molecule is CC(C)n1cnc2cc(-c3ccc4c(c3)N(C3CC(NCC(C)(C)O)C3)C(=O)C4(C)C)nc(Nc3ccncc3F)c21. The van der Waals surface area contributed by atoms with Crippen molar-refractivity contribution in [2.45, 2.75) is 83.5 Å². The minimum atomic E-state index is -0.784. The van der Waals surface area contributed by atoms with Gasteiger partial charge in [-0.25, -0.2) is 14.4 Å². The van der Waals surface area contributed by atoms with Crippen LogP contribution < -0.4 is 15.5 Å². The number of hydrogen-bond donors (Lipinski definition) is 3. The van der Waals surface area contributed by atoms with Crippen LogP contribution in [0.4, 0.5) is 21.6 Å². The first-order chi connectivity index (χ1) is 19.8. The molecule has 0 bridgehead atoms. The van der Waals surface area contributed by atoms with Crippen LogP contribution in [-0.4, -0.2) is 54.8 Å². The third-order valence-corrected chi connectivity index (χ3v) is 8.42. The number of benzene rings is 1. The predicted molar refractivity (Wildman–Crippen MR) is 162 cm³/mol. The molecule has 1 amide bonds. The summed E-state index contributed by atoms with van der Waals surface area (Å²) in [6.07, 6.45) is 6.13. The van der Waals surface area contributed by atoms with Crippen molar-refractivity contribution >= 4 is 34.1 Å². The van der Waals surface area contributed by atoms with Crippen molar-refractivity contribution < 1.29 is 14.3 Å². The smallest absolute Gasteiger partial charge is 0.237 e. The highest BCUT2D eigenvalue weighted by atomic mass is 19.1. The molecule has 10 heteroatoms. The molecule has 220 valence electrons. The summed E-state index contributed by atoms with van der Waals surface area (Å²) in [4.78, 5) is 29.1. The number of pyridine rings is 2. The van der Waals surface area contributed by atoms with Gasteiger partial charge in [-0.2, -0.15) is 0 Å². The molecule has 6 rings (SSSR count). The van der Waals surface area contributed by atoms with Gasteiger partial charge in [-0.3, -0.25) is 9.78 Å². The minimum Gasteiger partial charge on any atom is -0.389 e. The molecule has 0 unspecified atom stereocenters. The fraction of sp³-hybridized carbons (Fsp3) is 0.438. The molecule has 1 fully saturated rings. The van der Waals surface area contributed by atoms with Crippen LogP contribution in [0.5, 0.6) is 0 Å². The van der Waals surface area contributed by atoms with E-state index in [0.717, 1.165) is 40.7 Å². The van der Waals surface area contributed by atoms with Crippen molar-refractivity contribution in [3.8, 4) is 11.3 Å². The Morgan fingerprint density at radius 3 is 2.64 bits per heavy atom. The largest absolute Gasteiger partial charge is 0.389 e. The van der Waals surface area contributed by atoms with Crippen molar-refractivity contribution in [1.29, 1.82) is 0 Å². The maximum absolute atomic E-state index is 14.6. The van der Waals surface area contributed by atoms with Crippen LogP contribution >= 0.6 is 0 Å². The molecule has 1 aromatic carbocycles. The number of nitrogens with zero attached hydrogens (tertiary/aromatic N) is 5. The Morgan fingerprint density at radius 1 is 1.19 bits per heavy atom. The van der Waals surface area contributed by atoms with Crippen LogP contribution in [0.2, 0.25) is 0 Å². The Morgan fingerprint density at radius 2 is 1.95 bits per heavy atom. The molecule has 4 heterocycles. The van der Waals surface area contributed by atoms with E-state index in [1.807, 2.05) is 47.6 Å². The van der Waals surface area contributed by atoms with E-state index in [1.165, 1.54) is 12.4 Å². The van der Waals surface area contributed by atoms with Crippen LogP contribution in [0.3, 0.4) is 0 Å². The van der Waals surface area contributed by atoms with Crippen LogP contribution in [0.15, 0.2) is 49.1 Å². The lowest BCUT2D eigenvalue weighted by Crippen LogP contribution is -2.56. The van der Waals surface area contributed by atoms with Gasteiger partial charge in [0.25, 0.3) is 0 Å². The highest BCUT2D eigenvalue weighted by Crippen LogP contribution is 2.47. The monoisotopic (exact) mass is 571 g/mol. The van der Waals surface area contributed by atoms with Gasteiger partial charge in [0, 0.05) is 42.1 Å². The van der Waals surface area contributed by atoms with Crippen molar-refractivity contribution in [3.63, 3.8) is 0 Å². The molecule has 1 saturated carbocycles. The van der Waals surface area contributed by atoms with Gasteiger partial charge in [0.2, 0.25) is 5.91 Å². The number of halogens is 1. The third-order valence-electron chi connectivity index (χ3n) is 8.42. The molecule has 42 heavy (non-hydrogen) atoms. The van der Waals surface area contributed by atoms with E-state index in [0.29, 0.717) is 18.1 Å². The molecule has 1 aliphatic carbocycles. The molecule has 2 aliphatic rings. The minimum absolute atomic E-state index is 0.0802. The predicted octanol–water partition coefficient (Wildman–Crippen LogP) is 5.47. The summed E-state index contributed by atoms with van der Waals surface area (Å²) in [5, 5.41) is 16.7. The maximum Gasteiger partial charge on any atom is 0.237 e. The van der Waals surface area contributed by atoms with E-state index in [4.69, 9.17) is 4.98 Å². The van der Waals surface area contributed by atoms with Gasteiger partial charge < -0.3 is 25.2 Å². The number of carbonyl (C=O) groups is 1. The van der Waals surface area contributed by atoms with Gasteiger partial charge in [0.05, 0.1) is 40.4 Å². The maximum atomic E-state index is 14.6. The molecule has 3 N–H and O–H groups in total. The second-order valence-electron chi connectivity index (χ2n) is 13.0. The summed E-state index contributed by atoms with van der Waals surface area (Å²) in [5.41, 5.74) is 3.78. The number of aliphatic hydroxyl groups is 1. The van der Waals surface area contributed by atoms with E-state index >= 15 is 0 Å². The lowest BCUT2D eigenvalue weighted by molar-refractivity contribution is -0.123. The quantitative estimate of drug-likeness (QED) is 0.257. The average molecular weight is 572 g/mol. The van der Waals surface area contributed by atoms with Gasteiger partial charge in [-0.1, -0.05) is 12.1 Å². The summed E-state index contributed by atoms with van der Waals surface area (Å²) in [6, 6.07) is 10.0. The number of hydrogen-bond acceptors (Lipinski definition) is 7. The summed E-state index contributed by atoms with van der Waals surface area (Å²) in [7, 11) is 0. The number of fused-ring (bicyclic) bond motifs is 2. The zero-order valence-corrected chi connectivity index (χ0v) is 24.9. The highest BCUT2D eigenvalue weighted by Gasteiger charge is 2.49. The average Bonchev–Trinajstić information content (AvgIpc) is 3.42. The van der Waals surface area contributed by atoms with Crippen molar-refractivity contribution in [2.75, 3.05) is 16.8 Å². The van der Waals surface area contributed by atoms with Gasteiger partial charge in [0.15, 0.2) is 11.6 Å². The Bertz CT molecular complexity index is 1670. The Balaban J connectivity index is 1.38. The topological polar surface area (TPSA) is 108 Å². The molecule has 0 spiro atoms. The molecular weight excluding hydrogens is 533 g/mol. The molecular formula is C32H38FN7O2. The van der Waals surface area contributed by atoms with E-state index in [2.05, 4.69) is 34.4 Å². The van der Waals surface area contributed by atoms with Crippen LogP contribution in [0, 0.1) is 5.82 Å². The van der Waals surface area contributed by atoms with E-state index in [-0.39, 0.29) is 29.7 Å². The second-order valence-corrected chi connectivity index (χ2v) is 13.0. The van der Waals surface area contributed by atoms with Gasteiger partial charge in [-0.15, -0.1) is 0 Å². The van der Waals surface area contributed by atoms with Crippen LogP contribution in [-0.2, 0) is 10.2 Å². The van der Waals surface area contributed by atoms with Gasteiger partial charge >= 0.3 is 0 Å². The van der Waals surface area contributed by atoms with Crippen molar-refractivity contribution in [1.82, 2.24) is 24.8 Å². The van der Waals surface area contributed by atoms with E-state index in [9.17, 15) is 14.3 Å².